The molecule has 0 fully saturated rings. The first-order chi connectivity index (χ1) is 29.6. The van der Waals surface area contributed by atoms with Gasteiger partial charge in [-0.3, -0.25) is 0 Å². The predicted molar refractivity (Wildman–Crippen MR) is 181 cm³/mol. The van der Waals surface area contributed by atoms with E-state index in [1.54, 1.807) is 0 Å². The van der Waals surface area contributed by atoms with Crippen molar-refractivity contribution in [3.8, 4) is 0 Å². The first kappa shape index (κ1) is 80.0. The topological polar surface area (TPSA) is 706 Å². The molecule has 390 valence electrons. The number of aliphatic carboxylic acids is 5. The average Bonchev–Trinajstić information content (AvgIpc) is 3.28. The van der Waals surface area contributed by atoms with Crippen LogP contribution in [0.15, 0.2) is 0 Å². The minimum atomic E-state index is -2.31. The molecule has 0 spiro atoms. The summed E-state index contributed by atoms with van der Waals surface area (Å²) < 4.78 is 0. The molecule has 0 bridgehead atoms. The van der Waals surface area contributed by atoms with Crippen LogP contribution in [0.5, 0.6) is 0 Å². The maximum Gasteiger partial charge on any atom is 4.00 e. The zero-order valence-corrected chi connectivity index (χ0v) is 39.9. The average molecular weight is 1110 g/mol. The molecule has 0 aromatic carbocycles. The second-order valence-corrected chi connectivity index (χ2v) is 12.5. The van der Waals surface area contributed by atoms with E-state index in [-0.39, 0.29) is 77.6 Å². The van der Waals surface area contributed by atoms with E-state index in [0.717, 1.165) is 0 Å². The van der Waals surface area contributed by atoms with Gasteiger partial charge in [-0.25, -0.2) is 0 Å². The van der Waals surface area contributed by atoms with Crippen molar-refractivity contribution in [3.63, 3.8) is 0 Å². The molecule has 0 radical (unpaired) electrons. The largest absolute Gasteiger partial charge is 4.00 e. The third-order valence-corrected chi connectivity index (χ3v) is 7.48. The Hall–Kier alpha value is -1.13. The maximum absolute atomic E-state index is 9.98. The second kappa shape index (κ2) is 42.5. The molecular weight excluding hydrogens is 1050 g/mol. The van der Waals surface area contributed by atoms with E-state index in [0.29, 0.717) is 0 Å². The monoisotopic (exact) mass is 1100 g/mol. The van der Waals surface area contributed by atoms with Gasteiger partial charge < -0.3 is 177 Å². The number of carboxylic acid groups (broad SMARTS) is 5. The number of hydrogen-bond donors (Lipinski definition) is 25. The zero-order chi connectivity index (χ0) is 53.0. The summed E-state index contributed by atoms with van der Waals surface area (Å²) in [5.74, 6) is -9.88. The molecule has 0 aromatic rings. The minimum Gasteiger partial charge on any atom is -0.547 e. The van der Waals surface area contributed by atoms with Gasteiger partial charge in [-0.2, -0.15) is 0 Å². The fraction of sp³-hybridized carbons (Fsp3) is 0.833. The Morgan fingerprint density at radius 1 is 0.254 bits per heavy atom. The van der Waals surface area contributed by atoms with Crippen molar-refractivity contribution < 1.29 is 255 Å². The van der Waals surface area contributed by atoms with E-state index in [1.165, 1.54) is 0 Å². The van der Waals surface area contributed by atoms with Crippen molar-refractivity contribution in [2.45, 2.75) is 122 Å². The summed E-state index contributed by atoms with van der Waals surface area (Å²) in [5, 5.41) is 267. The fourth-order valence-electron chi connectivity index (χ4n) is 3.31. The fourth-order valence-corrected chi connectivity index (χ4v) is 3.31. The molecular formula is C30H55KO35Zr. The van der Waals surface area contributed by atoms with E-state index in [1.807, 2.05) is 0 Å². The summed E-state index contributed by atoms with van der Waals surface area (Å²) in [5.41, 5.74) is 0. The molecule has 0 rings (SSSR count). The van der Waals surface area contributed by atoms with E-state index in [2.05, 4.69) is 0 Å². The van der Waals surface area contributed by atoms with Gasteiger partial charge in [-0.15, -0.1) is 0 Å². The number of carbonyl (C=O) groups excluding carboxylic acids is 5. The number of rotatable bonds is 25. The summed E-state index contributed by atoms with van der Waals surface area (Å²) in [7, 11) is 0. The van der Waals surface area contributed by atoms with Crippen molar-refractivity contribution in [2.24, 2.45) is 0 Å². The van der Waals surface area contributed by atoms with Gasteiger partial charge in [0.15, 0.2) is 0 Å². The summed E-state index contributed by atoms with van der Waals surface area (Å²) in [6.07, 6.45) is -40.4. The van der Waals surface area contributed by atoms with Gasteiger partial charge in [0.25, 0.3) is 0 Å². The normalized spacial score (nSPS) is 19.8. The van der Waals surface area contributed by atoms with Crippen LogP contribution in [0.4, 0.5) is 0 Å². The van der Waals surface area contributed by atoms with E-state index in [9.17, 15) is 49.5 Å². The van der Waals surface area contributed by atoms with Crippen molar-refractivity contribution in [3.05, 3.63) is 0 Å². The Morgan fingerprint density at radius 2 is 0.343 bits per heavy atom. The summed E-state index contributed by atoms with van der Waals surface area (Å²) in [6.45, 7) is -4.32. The number of carboxylic acids is 5. The van der Waals surface area contributed by atoms with Gasteiger partial charge in [0, 0.05) is 0 Å². The molecule has 35 nitrogen and oxygen atoms in total. The van der Waals surface area contributed by atoms with Gasteiger partial charge >= 0.3 is 77.6 Å². The molecule has 25 N–H and O–H groups in total. The SMILES string of the molecule is O=C([O-])[C@H](O)[C@@H](O)[C@H](O)[C@H](O)CO.O=C([O-])[C@H](O)[C@@H](O)[C@H](O)[C@H](O)CO.O=C([O-])[C@H](O)[C@@H](O)[C@H](O)[C@H](O)CO.O=C([O-])[C@H](O)[C@@H](O)[C@H](O)[C@H](O)CO.O=C([O-])[C@H](O)[C@@H](O)[C@H](O)[C@H](O)CO.[K+].[Zr+4]. The van der Waals surface area contributed by atoms with Crippen LogP contribution in [0.3, 0.4) is 0 Å². The molecule has 0 heterocycles. The van der Waals surface area contributed by atoms with Crippen LogP contribution in [0.2, 0.25) is 0 Å². The van der Waals surface area contributed by atoms with Crippen molar-refractivity contribution >= 4 is 29.8 Å². The van der Waals surface area contributed by atoms with Crippen LogP contribution in [-0.4, -0.2) is 313 Å². The molecule has 67 heavy (non-hydrogen) atoms. The van der Waals surface area contributed by atoms with Gasteiger partial charge in [0.1, 0.15) is 122 Å². The van der Waals surface area contributed by atoms with Gasteiger partial charge in [-0.1, -0.05) is 0 Å². The molecule has 0 unspecified atom stereocenters. The van der Waals surface area contributed by atoms with Crippen LogP contribution in [0.1, 0.15) is 0 Å². The van der Waals surface area contributed by atoms with Crippen molar-refractivity contribution in [1.82, 2.24) is 0 Å². The number of aliphatic hydroxyl groups is 25. The van der Waals surface area contributed by atoms with Gasteiger partial charge in [0.05, 0.1) is 62.9 Å². The molecule has 0 aromatic heterocycles. The van der Waals surface area contributed by atoms with Gasteiger partial charge in [0.2, 0.25) is 0 Å². The molecule has 0 aliphatic carbocycles. The molecule has 0 saturated heterocycles. The van der Waals surface area contributed by atoms with Crippen LogP contribution >= 0.6 is 0 Å². The van der Waals surface area contributed by atoms with Crippen LogP contribution in [0, 0.1) is 0 Å². The Kier molecular flexibility index (Phi) is 50.8. The maximum atomic E-state index is 9.98. The Morgan fingerprint density at radius 3 is 0.403 bits per heavy atom. The Bertz CT molecular complexity index is 1090. The molecule has 20 atom stereocenters. The van der Waals surface area contributed by atoms with Crippen molar-refractivity contribution in [1.29, 1.82) is 0 Å². The number of hydrogen-bond acceptors (Lipinski definition) is 35. The Labute approximate surface area is 436 Å². The van der Waals surface area contributed by atoms with Crippen molar-refractivity contribution in [2.75, 3.05) is 33.0 Å². The molecule has 0 aliphatic heterocycles. The van der Waals surface area contributed by atoms with Gasteiger partial charge in [-0.05, 0) is 0 Å². The van der Waals surface area contributed by atoms with Crippen LogP contribution in [-0.2, 0) is 50.2 Å². The standard InChI is InChI=1S/5C6H12O7.K.Zr/c5*7-1-2(8)3(9)4(10)5(11)6(12)13;;/h5*2-5,7-11H,1H2,(H,12,13);;/q;;;;;+1;+4/p-5/t5*2-,3-,4+,5-;;/m11111../s1. The third-order valence-electron chi connectivity index (χ3n) is 7.48. The van der Waals surface area contributed by atoms with E-state index in [4.69, 9.17) is 128 Å². The summed E-state index contributed by atoms with van der Waals surface area (Å²) in [6, 6.07) is 0. The first-order valence-electron chi connectivity index (χ1n) is 17.3. The molecule has 0 saturated carbocycles. The van der Waals surface area contributed by atoms with E-state index >= 15 is 0 Å². The molecule has 0 amide bonds. The molecule has 37 heteroatoms. The number of aliphatic hydroxyl groups excluding tert-OH is 25. The smallest absolute Gasteiger partial charge is 0.547 e. The van der Waals surface area contributed by atoms with E-state index < -0.39 is 185 Å². The summed E-state index contributed by atoms with van der Waals surface area (Å²) in [4.78, 5) is 49.9. The summed E-state index contributed by atoms with van der Waals surface area (Å²) >= 11 is 0. The quantitative estimate of drug-likeness (QED) is 0.0378. The van der Waals surface area contributed by atoms with Crippen LogP contribution in [0.25, 0.3) is 0 Å². The minimum absolute atomic E-state index is 0. The number of carbonyl (C=O) groups is 5. The molecule has 0 aliphatic rings. The van der Waals surface area contributed by atoms with Crippen LogP contribution < -0.4 is 76.9 Å². The predicted octanol–water partition coefficient (Wildman–Crippen LogP) is -27.1. The first-order valence-corrected chi connectivity index (χ1v) is 17.3. The Balaban J connectivity index is -0.000000133. The second-order valence-electron chi connectivity index (χ2n) is 12.5. The third kappa shape index (κ3) is 32.5. The zero-order valence-electron chi connectivity index (χ0n) is 34.3.